The zero-order valence-corrected chi connectivity index (χ0v) is 26.8. The molecule has 0 fully saturated rings. The summed E-state index contributed by atoms with van der Waals surface area (Å²) in [6.45, 7) is 3.61. The monoisotopic (exact) mass is 660 g/mol. The lowest BCUT2D eigenvalue weighted by atomic mass is 9.86. The van der Waals surface area contributed by atoms with Gasteiger partial charge in [-0.25, -0.2) is 4.79 Å². The molecule has 0 aliphatic heterocycles. The molecule has 0 saturated carbocycles. The Balaban J connectivity index is 1.84. The Bertz CT molecular complexity index is 1770. The second kappa shape index (κ2) is 15.5. The van der Waals surface area contributed by atoms with Gasteiger partial charge in [-0.05, 0) is 41.2 Å². The summed E-state index contributed by atoms with van der Waals surface area (Å²) in [7, 11) is 0. The number of aromatic nitrogens is 1. The number of hydrogen-bond acceptors (Lipinski definition) is 6. The number of rotatable bonds is 13. The first-order chi connectivity index (χ1) is 22.9. The van der Waals surface area contributed by atoms with Gasteiger partial charge in [-0.3, -0.25) is 24.3 Å². The summed E-state index contributed by atoms with van der Waals surface area (Å²) in [5, 5.41) is 19.2. The molecule has 4 aromatic rings. The van der Waals surface area contributed by atoms with Crippen molar-refractivity contribution in [2.75, 3.05) is 11.9 Å². The molecule has 12 heteroatoms. The molecule has 1 aromatic heterocycles. The molecule has 3 aromatic carbocycles. The van der Waals surface area contributed by atoms with Gasteiger partial charge in [-0.2, -0.15) is 8.78 Å². The molecule has 0 radical (unpaired) electrons. The second-order valence-corrected chi connectivity index (χ2v) is 11.5. The van der Waals surface area contributed by atoms with Crippen LogP contribution in [-0.2, 0) is 33.1 Å². The van der Waals surface area contributed by atoms with Gasteiger partial charge < -0.3 is 20.5 Å². The van der Waals surface area contributed by atoms with E-state index in [2.05, 4.69) is 16.0 Å². The normalized spacial score (nSPS) is 13.2. The zero-order chi connectivity index (χ0) is 34.9. The van der Waals surface area contributed by atoms with E-state index in [1.165, 1.54) is 38.1 Å². The Kier molecular flexibility index (Phi) is 11.5. The average molecular weight is 661 g/mol. The Morgan fingerprint density at radius 3 is 1.98 bits per heavy atom. The molecule has 4 N–H and O–H groups in total. The minimum absolute atomic E-state index is 0.147. The number of anilines is 1. The number of nitrogens with one attached hydrogen (secondary N) is 3. The molecule has 0 aliphatic rings. The van der Waals surface area contributed by atoms with Crippen molar-refractivity contribution in [3.63, 3.8) is 0 Å². The first kappa shape index (κ1) is 35.5. The Morgan fingerprint density at radius 2 is 1.42 bits per heavy atom. The molecule has 0 spiro atoms. The summed E-state index contributed by atoms with van der Waals surface area (Å²) in [4.78, 5) is 52.8. The standard InChI is InChI=1S/C36H38F2N4O6/c1-24(2)31(40-25(3)43)36(47,35(37,38)33(45)39-22-21-26-13-7-4-8-14-26)42-30(28-17-11-6-12-18-28)20-19-29(32(42)44)41-34(46)48-23-27-15-9-5-10-16-27/h4-20,24,31,47H,21-23H2,1-3H3,(H,39,45)(H,40,43)(H,41,46). The van der Waals surface area contributed by atoms with Crippen LogP contribution in [0.3, 0.4) is 0 Å². The SMILES string of the molecule is CC(=O)NC(C(C)C)C(O)(n1c(-c2ccccc2)ccc(NC(=O)OCc2ccccc2)c1=O)C(F)(F)C(=O)NCCc1ccccc1. The van der Waals surface area contributed by atoms with Gasteiger partial charge in [0, 0.05) is 13.5 Å². The number of pyridine rings is 1. The van der Waals surface area contributed by atoms with Gasteiger partial charge in [0.25, 0.3) is 11.5 Å². The maximum absolute atomic E-state index is 16.8. The van der Waals surface area contributed by atoms with Crippen LogP contribution in [0.4, 0.5) is 19.3 Å². The van der Waals surface area contributed by atoms with Crippen molar-refractivity contribution in [1.29, 1.82) is 0 Å². The molecule has 4 rings (SSSR count). The van der Waals surface area contributed by atoms with Gasteiger partial charge in [0.15, 0.2) is 0 Å². The predicted octanol–water partition coefficient (Wildman–Crippen LogP) is 5.06. The summed E-state index contributed by atoms with van der Waals surface area (Å²) in [5.41, 5.74) is -4.03. The van der Waals surface area contributed by atoms with Crippen molar-refractivity contribution in [2.24, 2.45) is 5.92 Å². The minimum atomic E-state index is -4.72. The molecule has 3 amide bonds. The molecule has 0 aliphatic carbocycles. The Hall–Kier alpha value is -5.36. The summed E-state index contributed by atoms with van der Waals surface area (Å²) in [5.74, 6) is -8.32. The van der Waals surface area contributed by atoms with Crippen molar-refractivity contribution in [1.82, 2.24) is 15.2 Å². The predicted molar refractivity (Wildman–Crippen MR) is 177 cm³/mol. The van der Waals surface area contributed by atoms with Crippen molar-refractivity contribution < 1.29 is 33.0 Å². The van der Waals surface area contributed by atoms with Gasteiger partial charge in [-0.15, -0.1) is 0 Å². The number of amides is 3. The highest BCUT2D eigenvalue weighted by Crippen LogP contribution is 2.41. The number of carbonyl (C=O) groups is 3. The average Bonchev–Trinajstić information content (AvgIpc) is 3.07. The van der Waals surface area contributed by atoms with Crippen LogP contribution in [0.1, 0.15) is 31.9 Å². The van der Waals surface area contributed by atoms with E-state index < -0.39 is 52.8 Å². The molecular formula is C36H38F2N4O6. The molecule has 1 heterocycles. The van der Waals surface area contributed by atoms with Crippen LogP contribution in [0.2, 0.25) is 0 Å². The van der Waals surface area contributed by atoms with E-state index in [0.717, 1.165) is 12.5 Å². The van der Waals surface area contributed by atoms with Crippen molar-refractivity contribution in [3.8, 4) is 11.3 Å². The molecule has 48 heavy (non-hydrogen) atoms. The van der Waals surface area contributed by atoms with Crippen LogP contribution in [0.5, 0.6) is 0 Å². The van der Waals surface area contributed by atoms with E-state index in [1.807, 2.05) is 0 Å². The second-order valence-electron chi connectivity index (χ2n) is 11.5. The van der Waals surface area contributed by atoms with Crippen LogP contribution in [0.25, 0.3) is 11.3 Å². The van der Waals surface area contributed by atoms with Crippen LogP contribution in [-0.4, -0.2) is 46.1 Å². The number of hydrogen-bond donors (Lipinski definition) is 4. The van der Waals surface area contributed by atoms with E-state index in [9.17, 15) is 24.3 Å². The molecule has 0 saturated heterocycles. The fourth-order valence-corrected chi connectivity index (χ4v) is 5.34. The highest BCUT2D eigenvalue weighted by Gasteiger charge is 2.65. The van der Waals surface area contributed by atoms with Crippen LogP contribution < -0.4 is 21.5 Å². The lowest BCUT2D eigenvalue weighted by Crippen LogP contribution is -2.70. The third kappa shape index (κ3) is 7.95. The van der Waals surface area contributed by atoms with Crippen molar-refractivity contribution in [3.05, 3.63) is 125 Å². The van der Waals surface area contributed by atoms with Crippen LogP contribution >= 0.6 is 0 Å². The van der Waals surface area contributed by atoms with E-state index in [-0.39, 0.29) is 30.8 Å². The zero-order valence-electron chi connectivity index (χ0n) is 26.8. The highest BCUT2D eigenvalue weighted by atomic mass is 19.3. The molecule has 0 bridgehead atoms. The molecular weight excluding hydrogens is 622 g/mol. The van der Waals surface area contributed by atoms with Gasteiger partial charge >= 0.3 is 12.0 Å². The van der Waals surface area contributed by atoms with E-state index in [0.29, 0.717) is 10.1 Å². The largest absolute Gasteiger partial charge is 0.444 e. The topological polar surface area (TPSA) is 139 Å². The lowest BCUT2D eigenvalue weighted by molar-refractivity contribution is -0.243. The van der Waals surface area contributed by atoms with E-state index in [1.54, 1.807) is 78.9 Å². The smallest absolute Gasteiger partial charge is 0.412 e. The maximum atomic E-state index is 16.8. The highest BCUT2D eigenvalue weighted by molar-refractivity contribution is 5.86. The summed E-state index contributed by atoms with van der Waals surface area (Å²) < 4.78 is 39.3. The number of ether oxygens (including phenoxy) is 1. The van der Waals surface area contributed by atoms with Gasteiger partial charge in [0.2, 0.25) is 11.6 Å². The molecule has 2 unspecified atom stereocenters. The van der Waals surface area contributed by atoms with Crippen molar-refractivity contribution in [2.45, 2.75) is 51.5 Å². The number of aliphatic hydroxyl groups is 1. The lowest BCUT2D eigenvalue weighted by Gasteiger charge is -2.44. The number of nitrogens with zero attached hydrogens (tertiary/aromatic N) is 1. The van der Waals surface area contributed by atoms with Crippen LogP contribution in [0.15, 0.2) is 108 Å². The number of benzene rings is 3. The van der Waals surface area contributed by atoms with Gasteiger partial charge in [-0.1, -0.05) is 105 Å². The first-order valence-electron chi connectivity index (χ1n) is 15.4. The van der Waals surface area contributed by atoms with Crippen LogP contribution in [0, 0.1) is 5.92 Å². The number of carbonyl (C=O) groups excluding carboxylic acids is 3. The van der Waals surface area contributed by atoms with Gasteiger partial charge in [0.05, 0.1) is 11.7 Å². The van der Waals surface area contributed by atoms with Crippen molar-refractivity contribution >= 4 is 23.6 Å². The fraction of sp³-hybridized carbons (Fsp3) is 0.278. The van der Waals surface area contributed by atoms with Gasteiger partial charge in [0.1, 0.15) is 12.3 Å². The van der Waals surface area contributed by atoms with E-state index >= 15 is 8.78 Å². The third-order valence-corrected chi connectivity index (χ3v) is 7.69. The third-order valence-electron chi connectivity index (χ3n) is 7.69. The summed E-state index contributed by atoms with van der Waals surface area (Å²) in [6, 6.07) is 26.0. The number of halogens is 2. The summed E-state index contributed by atoms with van der Waals surface area (Å²) >= 11 is 0. The molecule has 252 valence electrons. The fourth-order valence-electron chi connectivity index (χ4n) is 5.34. The Labute approximate surface area is 276 Å². The number of alkyl halides is 2. The first-order valence-corrected chi connectivity index (χ1v) is 15.4. The summed E-state index contributed by atoms with van der Waals surface area (Å²) in [6.07, 6.45) is -0.855. The molecule has 2 atom stereocenters. The quantitative estimate of drug-likeness (QED) is 0.158. The minimum Gasteiger partial charge on any atom is -0.444 e. The van der Waals surface area contributed by atoms with E-state index in [4.69, 9.17) is 4.74 Å². The Morgan fingerprint density at radius 1 is 0.854 bits per heavy atom. The maximum Gasteiger partial charge on any atom is 0.412 e. The molecule has 10 nitrogen and oxygen atoms in total.